The maximum absolute atomic E-state index is 12.5. The molecule has 0 spiro atoms. The van der Waals surface area contributed by atoms with E-state index < -0.39 is 6.04 Å². The minimum absolute atomic E-state index is 0.0332. The molecule has 1 aromatic carbocycles. The van der Waals surface area contributed by atoms with E-state index in [0.29, 0.717) is 13.0 Å². The van der Waals surface area contributed by atoms with Crippen LogP contribution in [0.1, 0.15) is 30.4 Å². The second kappa shape index (κ2) is 6.86. The summed E-state index contributed by atoms with van der Waals surface area (Å²) < 4.78 is 5.01. The van der Waals surface area contributed by atoms with Gasteiger partial charge in [-0.3, -0.25) is 4.79 Å². The SMILES string of the molecule is COCCCC(N)C(=O)N1CCCc2cc(C)ccc21. The normalized spacial score (nSPS) is 15.8. The molecule has 1 unspecified atom stereocenters. The molecule has 4 nitrogen and oxygen atoms in total. The molecule has 0 fully saturated rings. The topological polar surface area (TPSA) is 55.6 Å². The molecule has 0 saturated carbocycles. The number of amides is 1. The number of rotatable bonds is 5. The Kier molecular flexibility index (Phi) is 5.15. The van der Waals surface area contributed by atoms with E-state index in [1.165, 1.54) is 11.1 Å². The lowest BCUT2D eigenvalue weighted by Gasteiger charge is -2.31. The molecular formula is C16H24N2O2. The van der Waals surface area contributed by atoms with E-state index in [1.807, 2.05) is 11.0 Å². The lowest BCUT2D eigenvalue weighted by molar-refractivity contribution is -0.120. The van der Waals surface area contributed by atoms with E-state index in [4.69, 9.17) is 10.5 Å². The van der Waals surface area contributed by atoms with Crippen molar-refractivity contribution < 1.29 is 9.53 Å². The molecule has 20 heavy (non-hydrogen) atoms. The Morgan fingerprint density at radius 1 is 1.50 bits per heavy atom. The van der Waals surface area contributed by atoms with E-state index in [-0.39, 0.29) is 5.91 Å². The summed E-state index contributed by atoms with van der Waals surface area (Å²) in [5.74, 6) is 0.0332. The van der Waals surface area contributed by atoms with Crippen LogP contribution >= 0.6 is 0 Å². The van der Waals surface area contributed by atoms with Gasteiger partial charge in [0.2, 0.25) is 5.91 Å². The van der Waals surface area contributed by atoms with Crippen LogP contribution in [-0.4, -0.2) is 32.2 Å². The maximum Gasteiger partial charge on any atom is 0.243 e. The van der Waals surface area contributed by atoms with Crippen LogP contribution in [0.2, 0.25) is 0 Å². The summed E-state index contributed by atoms with van der Waals surface area (Å²) >= 11 is 0. The molecule has 110 valence electrons. The zero-order valence-corrected chi connectivity index (χ0v) is 12.4. The van der Waals surface area contributed by atoms with E-state index in [1.54, 1.807) is 7.11 Å². The Bertz CT molecular complexity index is 474. The van der Waals surface area contributed by atoms with Gasteiger partial charge in [0.05, 0.1) is 6.04 Å². The van der Waals surface area contributed by atoms with E-state index in [2.05, 4.69) is 19.1 Å². The van der Waals surface area contributed by atoms with Gasteiger partial charge >= 0.3 is 0 Å². The standard InChI is InChI=1S/C16H24N2O2/c1-12-7-8-15-13(11-12)5-3-9-18(15)16(19)14(17)6-4-10-20-2/h7-8,11,14H,3-6,9-10,17H2,1-2H3. The molecule has 1 aliphatic heterocycles. The molecule has 0 radical (unpaired) electrons. The lowest BCUT2D eigenvalue weighted by Crippen LogP contribution is -2.46. The molecule has 1 atom stereocenters. The Hall–Kier alpha value is -1.39. The smallest absolute Gasteiger partial charge is 0.243 e. The van der Waals surface area contributed by atoms with Gasteiger partial charge in [-0.05, 0) is 44.2 Å². The van der Waals surface area contributed by atoms with Crippen LogP contribution in [0.3, 0.4) is 0 Å². The number of carbonyl (C=O) groups is 1. The third-order valence-electron chi connectivity index (χ3n) is 3.80. The van der Waals surface area contributed by atoms with Gasteiger partial charge in [0.1, 0.15) is 0 Å². The van der Waals surface area contributed by atoms with E-state index >= 15 is 0 Å². The molecule has 0 aromatic heterocycles. The molecule has 1 amide bonds. The number of carbonyl (C=O) groups excluding carboxylic acids is 1. The molecule has 4 heteroatoms. The minimum Gasteiger partial charge on any atom is -0.385 e. The summed E-state index contributed by atoms with van der Waals surface area (Å²) in [6.45, 7) is 3.50. The number of ether oxygens (including phenoxy) is 1. The van der Waals surface area contributed by atoms with Gasteiger partial charge in [0.15, 0.2) is 0 Å². The van der Waals surface area contributed by atoms with Crippen molar-refractivity contribution in [2.45, 2.75) is 38.6 Å². The van der Waals surface area contributed by atoms with Crippen molar-refractivity contribution in [1.29, 1.82) is 0 Å². The number of nitrogens with two attached hydrogens (primary N) is 1. The Morgan fingerprint density at radius 2 is 2.30 bits per heavy atom. The van der Waals surface area contributed by atoms with Crippen LogP contribution in [0.15, 0.2) is 18.2 Å². The van der Waals surface area contributed by atoms with E-state index in [9.17, 15) is 4.79 Å². The average Bonchev–Trinajstić information content (AvgIpc) is 2.45. The summed E-state index contributed by atoms with van der Waals surface area (Å²) in [6.07, 6.45) is 3.54. The molecular weight excluding hydrogens is 252 g/mol. The predicted molar refractivity (Wildman–Crippen MR) is 80.9 cm³/mol. The maximum atomic E-state index is 12.5. The third-order valence-corrected chi connectivity index (χ3v) is 3.80. The molecule has 1 heterocycles. The molecule has 2 N–H and O–H groups in total. The van der Waals surface area contributed by atoms with Crippen LogP contribution in [0.4, 0.5) is 5.69 Å². The fourth-order valence-corrected chi connectivity index (χ4v) is 2.73. The van der Waals surface area contributed by atoms with Crippen LogP contribution in [0, 0.1) is 6.92 Å². The first-order valence-electron chi connectivity index (χ1n) is 7.29. The highest BCUT2D eigenvalue weighted by molar-refractivity contribution is 5.98. The van der Waals surface area contributed by atoms with Crippen LogP contribution in [0.5, 0.6) is 0 Å². The Morgan fingerprint density at radius 3 is 3.05 bits per heavy atom. The Balaban J connectivity index is 2.08. The number of hydrogen-bond donors (Lipinski definition) is 1. The highest BCUT2D eigenvalue weighted by atomic mass is 16.5. The van der Waals surface area contributed by atoms with Crippen LogP contribution in [0.25, 0.3) is 0 Å². The monoisotopic (exact) mass is 276 g/mol. The number of hydrogen-bond acceptors (Lipinski definition) is 3. The molecule has 1 aliphatic rings. The fraction of sp³-hybridized carbons (Fsp3) is 0.562. The summed E-state index contributed by atoms with van der Waals surface area (Å²) in [7, 11) is 1.66. The fourth-order valence-electron chi connectivity index (χ4n) is 2.73. The van der Waals surface area contributed by atoms with Crippen molar-refractivity contribution in [3.05, 3.63) is 29.3 Å². The lowest BCUT2D eigenvalue weighted by atomic mass is 9.98. The van der Waals surface area contributed by atoms with E-state index in [0.717, 1.165) is 31.5 Å². The molecule has 0 saturated heterocycles. The molecule has 0 aliphatic carbocycles. The minimum atomic E-state index is -0.433. The third kappa shape index (κ3) is 3.38. The van der Waals surface area contributed by atoms with Crippen molar-refractivity contribution in [1.82, 2.24) is 0 Å². The number of fused-ring (bicyclic) bond motifs is 1. The summed E-state index contributed by atoms with van der Waals surface area (Å²) in [4.78, 5) is 14.4. The van der Waals surface area contributed by atoms with Crippen molar-refractivity contribution in [3.8, 4) is 0 Å². The number of methoxy groups -OCH3 is 1. The van der Waals surface area contributed by atoms with Gasteiger partial charge in [-0.15, -0.1) is 0 Å². The number of anilines is 1. The summed E-state index contributed by atoms with van der Waals surface area (Å²) in [5.41, 5.74) is 9.56. The summed E-state index contributed by atoms with van der Waals surface area (Å²) in [5, 5.41) is 0. The van der Waals surface area contributed by atoms with Crippen LogP contribution in [-0.2, 0) is 16.0 Å². The number of aryl methyl sites for hydroxylation is 2. The van der Waals surface area contributed by atoms with Gasteiger partial charge in [-0.2, -0.15) is 0 Å². The number of nitrogens with zero attached hydrogens (tertiary/aromatic N) is 1. The average molecular weight is 276 g/mol. The van der Waals surface area contributed by atoms with Crippen molar-refractivity contribution >= 4 is 11.6 Å². The first-order valence-corrected chi connectivity index (χ1v) is 7.29. The highest BCUT2D eigenvalue weighted by Gasteiger charge is 2.26. The quantitative estimate of drug-likeness (QED) is 0.837. The second-order valence-electron chi connectivity index (χ2n) is 5.47. The summed E-state index contributed by atoms with van der Waals surface area (Å²) in [6, 6.07) is 5.84. The van der Waals surface area contributed by atoms with Crippen molar-refractivity contribution in [2.24, 2.45) is 5.73 Å². The highest BCUT2D eigenvalue weighted by Crippen LogP contribution is 2.28. The first-order chi connectivity index (χ1) is 9.63. The van der Waals surface area contributed by atoms with Crippen molar-refractivity contribution in [3.63, 3.8) is 0 Å². The van der Waals surface area contributed by atoms with Crippen LogP contribution < -0.4 is 10.6 Å². The number of benzene rings is 1. The molecule has 1 aromatic rings. The first kappa shape index (κ1) is 15.0. The molecule has 0 bridgehead atoms. The second-order valence-corrected chi connectivity index (χ2v) is 5.47. The van der Waals surface area contributed by atoms with Gasteiger partial charge in [0, 0.05) is 25.9 Å². The zero-order valence-electron chi connectivity index (χ0n) is 12.4. The van der Waals surface area contributed by atoms with Gasteiger partial charge in [-0.25, -0.2) is 0 Å². The largest absolute Gasteiger partial charge is 0.385 e. The van der Waals surface area contributed by atoms with Crippen molar-refractivity contribution in [2.75, 3.05) is 25.2 Å². The van der Waals surface area contributed by atoms with Gasteiger partial charge < -0.3 is 15.4 Å². The predicted octanol–water partition coefficient (Wildman–Crippen LogP) is 2.03. The molecule has 2 rings (SSSR count). The van der Waals surface area contributed by atoms with Gasteiger partial charge in [-0.1, -0.05) is 17.7 Å². The van der Waals surface area contributed by atoms with Gasteiger partial charge in [0.25, 0.3) is 0 Å². The Labute approximate surface area is 120 Å². The zero-order chi connectivity index (χ0) is 14.5.